The largest absolute Gasteiger partial charge is 0.497 e. The molecule has 1 amide bonds. The number of rotatable bonds is 6. The molecule has 5 rings (SSSR count). The predicted octanol–water partition coefficient (Wildman–Crippen LogP) is 5.72. The van der Waals surface area contributed by atoms with Crippen molar-refractivity contribution in [3.8, 4) is 11.4 Å². The Bertz CT molecular complexity index is 1430. The third-order valence-corrected chi connectivity index (χ3v) is 8.22. The van der Waals surface area contributed by atoms with Gasteiger partial charge in [0.2, 0.25) is 5.91 Å². The van der Waals surface area contributed by atoms with Crippen LogP contribution in [-0.2, 0) is 17.6 Å². The number of anilines is 1. The fourth-order valence-corrected chi connectivity index (χ4v) is 6.42. The fraction of sp³-hybridized carbons (Fsp3) is 0.240. The summed E-state index contributed by atoms with van der Waals surface area (Å²) in [4.78, 5) is 33.3. The number of methoxy groups -OCH3 is 1. The van der Waals surface area contributed by atoms with Crippen molar-refractivity contribution in [3.05, 3.63) is 74.3 Å². The van der Waals surface area contributed by atoms with E-state index in [1.54, 1.807) is 41.2 Å². The number of halogens is 1. The standard InChI is InChI=1S/C25H22ClN3O3S2/c1-32-16-12-10-15(11-13-16)29-24(31)22-17-6-2-5-9-20(17)34-23(22)28-25(29)33-14-21(30)27-19-8-4-3-7-18(19)26/h3-4,7-8,10-13H,2,5-6,9,14H2,1H3,(H,27,30). The molecule has 2 aromatic carbocycles. The van der Waals surface area contributed by atoms with E-state index in [-0.39, 0.29) is 17.2 Å². The second-order valence-electron chi connectivity index (χ2n) is 7.94. The van der Waals surface area contributed by atoms with Gasteiger partial charge in [-0.3, -0.25) is 14.2 Å². The lowest BCUT2D eigenvalue weighted by molar-refractivity contribution is -0.113. The van der Waals surface area contributed by atoms with Crippen LogP contribution in [-0.4, -0.2) is 28.3 Å². The summed E-state index contributed by atoms with van der Waals surface area (Å²) in [6.07, 6.45) is 4.11. The van der Waals surface area contributed by atoms with Gasteiger partial charge in [0, 0.05) is 4.88 Å². The highest BCUT2D eigenvalue weighted by Gasteiger charge is 2.23. The van der Waals surface area contributed by atoms with Crippen LogP contribution in [0.25, 0.3) is 15.9 Å². The van der Waals surface area contributed by atoms with Gasteiger partial charge in [0.05, 0.1) is 34.6 Å². The number of nitrogens with zero attached hydrogens (tertiary/aromatic N) is 2. The molecule has 34 heavy (non-hydrogen) atoms. The zero-order valence-electron chi connectivity index (χ0n) is 18.5. The van der Waals surface area contributed by atoms with Crippen molar-refractivity contribution in [3.63, 3.8) is 0 Å². The Labute approximate surface area is 209 Å². The Kier molecular flexibility index (Phi) is 6.63. The number of hydrogen-bond donors (Lipinski definition) is 1. The molecule has 0 unspecified atom stereocenters. The maximum Gasteiger partial charge on any atom is 0.267 e. The first-order chi connectivity index (χ1) is 16.5. The molecule has 1 N–H and O–H groups in total. The molecule has 0 fully saturated rings. The molecule has 1 aliphatic rings. The van der Waals surface area contributed by atoms with Crippen molar-refractivity contribution in [1.29, 1.82) is 0 Å². The number of fused-ring (bicyclic) bond motifs is 3. The number of aromatic nitrogens is 2. The summed E-state index contributed by atoms with van der Waals surface area (Å²) >= 11 is 9.00. The molecule has 0 spiro atoms. The first-order valence-electron chi connectivity index (χ1n) is 10.9. The number of hydrogen-bond acceptors (Lipinski definition) is 6. The summed E-state index contributed by atoms with van der Waals surface area (Å²) in [6.45, 7) is 0. The molecule has 1 aliphatic carbocycles. The normalized spacial score (nSPS) is 13.0. The second kappa shape index (κ2) is 9.82. The van der Waals surface area contributed by atoms with E-state index in [2.05, 4.69) is 5.32 Å². The number of thioether (sulfide) groups is 1. The Morgan fingerprint density at radius 3 is 2.71 bits per heavy atom. The van der Waals surface area contributed by atoms with Gasteiger partial charge < -0.3 is 10.1 Å². The molecular weight excluding hydrogens is 490 g/mol. The van der Waals surface area contributed by atoms with E-state index in [1.165, 1.54) is 16.6 Å². The summed E-state index contributed by atoms with van der Waals surface area (Å²) in [5.41, 5.74) is 2.28. The van der Waals surface area contributed by atoms with Crippen molar-refractivity contribution in [1.82, 2.24) is 9.55 Å². The van der Waals surface area contributed by atoms with E-state index in [0.717, 1.165) is 36.1 Å². The summed E-state index contributed by atoms with van der Waals surface area (Å²) in [6, 6.07) is 14.4. The number of amides is 1. The minimum Gasteiger partial charge on any atom is -0.497 e. The number of carbonyl (C=O) groups is 1. The Morgan fingerprint density at radius 1 is 1.18 bits per heavy atom. The van der Waals surface area contributed by atoms with Crippen LogP contribution in [0.15, 0.2) is 58.5 Å². The first-order valence-corrected chi connectivity index (χ1v) is 13.1. The topological polar surface area (TPSA) is 73.2 Å². The summed E-state index contributed by atoms with van der Waals surface area (Å²) in [5, 5.41) is 4.49. The lowest BCUT2D eigenvalue weighted by Gasteiger charge is -2.14. The highest BCUT2D eigenvalue weighted by Crippen LogP contribution is 2.35. The number of carbonyl (C=O) groups excluding carboxylic acids is 1. The zero-order valence-corrected chi connectivity index (χ0v) is 20.9. The highest BCUT2D eigenvalue weighted by molar-refractivity contribution is 7.99. The van der Waals surface area contributed by atoms with E-state index in [4.69, 9.17) is 21.3 Å². The van der Waals surface area contributed by atoms with Gasteiger partial charge in [0.25, 0.3) is 5.56 Å². The number of nitrogens with one attached hydrogen (secondary N) is 1. The summed E-state index contributed by atoms with van der Waals surface area (Å²) in [5.74, 6) is 0.566. The number of ether oxygens (including phenoxy) is 1. The SMILES string of the molecule is COc1ccc(-n2c(SCC(=O)Nc3ccccc3Cl)nc3sc4c(c3c2=O)CCCC4)cc1. The zero-order chi connectivity index (χ0) is 23.7. The molecule has 0 saturated carbocycles. The van der Waals surface area contributed by atoms with Crippen LogP contribution in [0.5, 0.6) is 5.75 Å². The van der Waals surface area contributed by atoms with Crippen LogP contribution < -0.4 is 15.6 Å². The van der Waals surface area contributed by atoms with Crippen molar-refractivity contribution in [2.24, 2.45) is 0 Å². The number of aryl methyl sites for hydroxylation is 2. The van der Waals surface area contributed by atoms with E-state index in [9.17, 15) is 9.59 Å². The molecule has 0 bridgehead atoms. The smallest absolute Gasteiger partial charge is 0.267 e. The van der Waals surface area contributed by atoms with Crippen LogP contribution in [0.2, 0.25) is 5.02 Å². The van der Waals surface area contributed by atoms with Gasteiger partial charge in [-0.25, -0.2) is 4.98 Å². The summed E-state index contributed by atoms with van der Waals surface area (Å²) < 4.78 is 6.88. The first kappa shape index (κ1) is 23.0. The van der Waals surface area contributed by atoms with Crippen LogP contribution in [0.3, 0.4) is 0 Å². The molecule has 2 aromatic heterocycles. The summed E-state index contributed by atoms with van der Waals surface area (Å²) in [7, 11) is 1.60. The maximum atomic E-state index is 13.8. The Hall–Kier alpha value is -2.81. The molecule has 174 valence electrons. The van der Waals surface area contributed by atoms with Crippen molar-refractivity contribution in [2.75, 3.05) is 18.2 Å². The minimum absolute atomic E-state index is 0.0877. The number of para-hydroxylation sites is 1. The Balaban J connectivity index is 1.53. The van der Waals surface area contributed by atoms with Crippen molar-refractivity contribution in [2.45, 2.75) is 30.8 Å². The molecular formula is C25H22ClN3O3S2. The molecule has 6 nitrogen and oxygen atoms in total. The number of benzene rings is 2. The number of thiophene rings is 1. The maximum absolute atomic E-state index is 13.8. The average molecular weight is 512 g/mol. The molecule has 0 radical (unpaired) electrons. The second-order valence-corrected chi connectivity index (χ2v) is 10.4. The molecule has 0 aliphatic heterocycles. The van der Waals surface area contributed by atoms with Gasteiger partial charge in [-0.2, -0.15) is 0 Å². The lowest BCUT2D eigenvalue weighted by atomic mass is 9.97. The van der Waals surface area contributed by atoms with Crippen LogP contribution in [0, 0.1) is 0 Å². The third-order valence-electron chi connectivity index (χ3n) is 5.77. The quantitative estimate of drug-likeness (QED) is 0.265. The van der Waals surface area contributed by atoms with Gasteiger partial charge >= 0.3 is 0 Å². The predicted molar refractivity (Wildman–Crippen MR) is 139 cm³/mol. The van der Waals surface area contributed by atoms with Crippen LogP contribution in [0.1, 0.15) is 23.3 Å². The monoisotopic (exact) mass is 511 g/mol. The molecule has 4 aromatic rings. The average Bonchev–Trinajstić information content (AvgIpc) is 3.23. The third kappa shape index (κ3) is 4.45. The molecule has 0 atom stereocenters. The lowest BCUT2D eigenvalue weighted by Crippen LogP contribution is -2.23. The highest BCUT2D eigenvalue weighted by atomic mass is 35.5. The van der Waals surface area contributed by atoms with E-state index < -0.39 is 0 Å². The van der Waals surface area contributed by atoms with Crippen LogP contribution >= 0.6 is 34.7 Å². The van der Waals surface area contributed by atoms with Crippen molar-refractivity contribution >= 4 is 56.5 Å². The fourth-order valence-electron chi connectivity index (χ4n) is 4.12. The molecule has 9 heteroatoms. The van der Waals surface area contributed by atoms with Crippen molar-refractivity contribution < 1.29 is 9.53 Å². The van der Waals surface area contributed by atoms with Gasteiger partial charge in [-0.05, 0) is 67.6 Å². The van der Waals surface area contributed by atoms with Crippen LogP contribution in [0.4, 0.5) is 5.69 Å². The van der Waals surface area contributed by atoms with Gasteiger partial charge in [-0.15, -0.1) is 11.3 Å². The van der Waals surface area contributed by atoms with Gasteiger partial charge in [0.15, 0.2) is 5.16 Å². The Morgan fingerprint density at radius 2 is 1.94 bits per heavy atom. The van der Waals surface area contributed by atoms with E-state index in [0.29, 0.717) is 32.7 Å². The van der Waals surface area contributed by atoms with Gasteiger partial charge in [0.1, 0.15) is 10.6 Å². The molecule has 2 heterocycles. The van der Waals surface area contributed by atoms with E-state index in [1.807, 2.05) is 30.3 Å². The minimum atomic E-state index is -0.223. The van der Waals surface area contributed by atoms with E-state index >= 15 is 0 Å². The van der Waals surface area contributed by atoms with Gasteiger partial charge in [-0.1, -0.05) is 35.5 Å². The molecule has 0 saturated heterocycles.